The average Bonchev–Trinajstić information content (AvgIpc) is 2.72. The van der Waals surface area contributed by atoms with Crippen LogP contribution in [0.3, 0.4) is 0 Å². The van der Waals surface area contributed by atoms with E-state index in [1.165, 1.54) is 6.07 Å². The topological polar surface area (TPSA) is 63.7 Å². The third kappa shape index (κ3) is 1.59. The van der Waals surface area contributed by atoms with Crippen LogP contribution in [0, 0.1) is 0 Å². The maximum Gasteiger partial charge on any atom is 0.330 e. The number of carbonyl (C=O) groups excluding carboxylic acids is 3. The fourth-order valence-corrected chi connectivity index (χ4v) is 2.17. The number of nitrogens with zero attached hydrogens (tertiary/aromatic N) is 1. The second kappa shape index (κ2) is 3.91. The van der Waals surface area contributed by atoms with E-state index in [1.54, 1.807) is 18.2 Å². The van der Waals surface area contributed by atoms with Gasteiger partial charge in [-0.3, -0.25) is 9.59 Å². The summed E-state index contributed by atoms with van der Waals surface area (Å²) in [6, 6.07) is 10.4. The molecule has 1 heterocycles. The van der Waals surface area contributed by atoms with Gasteiger partial charge in [0.15, 0.2) is 0 Å². The first-order valence-corrected chi connectivity index (χ1v) is 5.54. The Labute approximate surface area is 109 Å². The third-order valence-corrected chi connectivity index (χ3v) is 2.94. The zero-order valence-electron chi connectivity index (χ0n) is 10.8. The van der Waals surface area contributed by atoms with Crippen LogP contribution >= 0.6 is 0 Å². The van der Waals surface area contributed by atoms with Crippen molar-refractivity contribution >= 4 is 28.6 Å². The first-order chi connectivity index (χ1) is 9.63. The van der Waals surface area contributed by atoms with Crippen molar-refractivity contribution < 1.29 is 20.6 Å². The summed E-state index contributed by atoms with van der Waals surface area (Å²) < 4.78 is 6.87. The van der Waals surface area contributed by atoms with Crippen LogP contribution in [0.2, 0.25) is 0 Å². The Hall–Kier alpha value is -2.69. The molecule has 0 spiro atoms. The minimum atomic E-state index is -0.955. The Morgan fingerprint density at radius 1 is 1.16 bits per heavy atom. The van der Waals surface area contributed by atoms with Gasteiger partial charge in [0.1, 0.15) is 0 Å². The number of benzene rings is 2. The Balaban J connectivity index is 2.13. The maximum atomic E-state index is 12.2. The first-order valence-electron chi connectivity index (χ1n) is 6.24. The molecule has 94 valence electrons. The van der Waals surface area contributed by atoms with Gasteiger partial charge in [-0.1, -0.05) is 35.4 Å². The highest BCUT2D eigenvalue weighted by atomic mass is 16.7. The summed E-state index contributed by atoms with van der Waals surface area (Å²) in [5, 5.41) is 1.88. The molecule has 5 heteroatoms. The van der Waals surface area contributed by atoms with Gasteiger partial charge >= 0.3 is 5.97 Å². The summed E-state index contributed by atoms with van der Waals surface area (Å²) in [7, 11) is 0. The molecule has 0 fully saturated rings. The van der Waals surface area contributed by atoms with E-state index in [2.05, 4.69) is 4.84 Å². The summed E-state index contributed by atoms with van der Waals surface area (Å²) in [6.45, 7) is -0.659. The number of hydrogen-bond donors (Lipinski definition) is 0. The van der Waals surface area contributed by atoms with Crippen molar-refractivity contribution in [3.63, 3.8) is 0 Å². The molecule has 2 aromatic rings. The lowest BCUT2D eigenvalue weighted by Crippen LogP contribution is -2.31. The van der Waals surface area contributed by atoms with E-state index in [0.717, 1.165) is 5.39 Å². The number of rotatable bonds is 1. The smallest absolute Gasteiger partial charge is 0.330 e. The van der Waals surface area contributed by atoms with Crippen LogP contribution in [0.15, 0.2) is 36.4 Å². The van der Waals surface area contributed by atoms with E-state index in [-0.39, 0.29) is 11.1 Å². The number of fused-ring (bicyclic) bond motifs is 3. The molecule has 0 N–H and O–H groups in total. The Morgan fingerprint density at radius 2 is 1.95 bits per heavy atom. The van der Waals surface area contributed by atoms with Crippen molar-refractivity contribution in [3.8, 4) is 0 Å². The van der Waals surface area contributed by atoms with E-state index in [0.29, 0.717) is 10.4 Å². The van der Waals surface area contributed by atoms with Gasteiger partial charge in [0.25, 0.3) is 11.8 Å². The second-order valence-corrected chi connectivity index (χ2v) is 4.08. The molecule has 0 aromatic heterocycles. The normalized spacial score (nSPS) is 14.5. The van der Waals surface area contributed by atoms with E-state index in [9.17, 15) is 14.4 Å². The largest absolute Gasteiger partial charge is 0.330 e. The highest BCUT2D eigenvalue weighted by molar-refractivity contribution is 6.26. The second-order valence-electron chi connectivity index (χ2n) is 4.08. The monoisotopic (exact) mass is 257 g/mol. The molecular formula is C14H9NO4. The van der Waals surface area contributed by atoms with Crippen LogP contribution < -0.4 is 0 Å². The first kappa shape index (κ1) is 10.3. The SMILES string of the molecule is [3H]CC(=O)ON1C(=O)c2ccc3ccccc3c2C1=O. The summed E-state index contributed by atoms with van der Waals surface area (Å²) >= 11 is 0. The van der Waals surface area contributed by atoms with Crippen molar-refractivity contribution in [1.82, 2.24) is 5.06 Å². The van der Waals surface area contributed by atoms with Crippen molar-refractivity contribution in [3.05, 3.63) is 47.5 Å². The fourth-order valence-electron chi connectivity index (χ4n) is 2.17. The molecule has 0 aliphatic carbocycles. The molecule has 2 amide bonds. The number of hydrogen-bond acceptors (Lipinski definition) is 4. The number of hydroxylamine groups is 2. The van der Waals surface area contributed by atoms with Crippen LogP contribution in [0.1, 0.15) is 29.0 Å². The third-order valence-electron chi connectivity index (χ3n) is 2.94. The quantitative estimate of drug-likeness (QED) is 0.732. The molecule has 0 saturated heterocycles. The van der Waals surface area contributed by atoms with Gasteiger partial charge in [-0.25, -0.2) is 4.79 Å². The van der Waals surface area contributed by atoms with Gasteiger partial charge in [0.2, 0.25) is 0 Å². The molecule has 0 atom stereocenters. The molecule has 1 aliphatic rings. The molecule has 0 bridgehead atoms. The van der Waals surface area contributed by atoms with E-state index in [4.69, 9.17) is 1.37 Å². The summed E-state index contributed by atoms with van der Waals surface area (Å²) in [5.41, 5.74) is 0.428. The standard InChI is InChI=1S/C14H9NO4/c1-8(16)19-15-13(17)11-7-6-9-4-2-3-5-10(9)12(11)14(15)18/h2-7H,1H3/i1T. The van der Waals surface area contributed by atoms with E-state index in [1.807, 2.05) is 12.1 Å². The van der Waals surface area contributed by atoms with Crippen molar-refractivity contribution in [2.24, 2.45) is 0 Å². The maximum absolute atomic E-state index is 12.2. The molecule has 19 heavy (non-hydrogen) atoms. The molecule has 3 rings (SSSR count). The van der Waals surface area contributed by atoms with E-state index >= 15 is 0 Å². The Kier molecular flexibility index (Phi) is 2.11. The van der Waals surface area contributed by atoms with E-state index < -0.39 is 24.7 Å². The van der Waals surface area contributed by atoms with Crippen molar-refractivity contribution in [1.29, 1.82) is 0 Å². The summed E-state index contributed by atoms with van der Waals surface area (Å²) in [6.07, 6.45) is 0. The fraction of sp³-hybridized carbons (Fsp3) is 0.0714. The molecule has 0 radical (unpaired) electrons. The molecule has 5 nitrogen and oxygen atoms in total. The Morgan fingerprint density at radius 3 is 2.74 bits per heavy atom. The molecular weight excluding hydrogens is 246 g/mol. The lowest BCUT2D eigenvalue weighted by atomic mass is 10.0. The van der Waals surface area contributed by atoms with Crippen molar-refractivity contribution in [2.45, 2.75) is 6.90 Å². The van der Waals surface area contributed by atoms with Crippen molar-refractivity contribution in [2.75, 3.05) is 0 Å². The van der Waals surface area contributed by atoms with Gasteiger partial charge in [-0.15, -0.1) is 0 Å². The van der Waals surface area contributed by atoms with Gasteiger partial charge in [-0.05, 0) is 16.8 Å². The van der Waals surface area contributed by atoms with Gasteiger partial charge < -0.3 is 4.84 Å². The molecule has 0 saturated carbocycles. The highest BCUT2D eigenvalue weighted by Gasteiger charge is 2.39. The predicted octanol–water partition coefficient (Wildman–Crippen LogP) is 1.91. The minimum Gasteiger partial charge on any atom is -0.330 e. The average molecular weight is 257 g/mol. The predicted molar refractivity (Wildman–Crippen MR) is 66.2 cm³/mol. The molecule has 1 aliphatic heterocycles. The zero-order chi connectivity index (χ0) is 14.3. The highest BCUT2D eigenvalue weighted by Crippen LogP contribution is 2.30. The number of imide groups is 1. The lowest BCUT2D eigenvalue weighted by Gasteiger charge is -2.10. The van der Waals surface area contributed by atoms with Gasteiger partial charge in [0.05, 0.1) is 11.1 Å². The van der Waals surface area contributed by atoms with Crippen LogP contribution in [-0.2, 0) is 9.63 Å². The molecule has 0 unspecified atom stereocenters. The van der Waals surface area contributed by atoms with Gasteiger partial charge in [0, 0.05) is 8.27 Å². The minimum absolute atomic E-state index is 0.200. The summed E-state index contributed by atoms with van der Waals surface area (Å²) in [5.74, 6) is -2.31. The van der Waals surface area contributed by atoms with Crippen LogP contribution in [0.5, 0.6) is 0 Å². The number of amides is 2. The van der Waals surface area contributed by atoms with Crippen LogP contribution in [0.25, 0.3) is 10.8 Å². The lowest BCUT2D eigenvalue weighted by molar-refractivity contribution is -0.165. The van der Waals surface area contributed by atoms with Crippen LogP contribution in [-0.4, -0.2) is 22.8 Å². The summed E-state index contributed by atoms with van der Waals surface area (Å²) in [4.78, 5) is 40.1. The van der Waals surface area contributed by atoms with Gasteiger partial charge in [-0.2, -0.15) is 0 Å². The molecule has 2 aromatic carbocycles. The Bertz CT molecular complexity index is 756. The number of carbonyl (C=O) groups is 3. The van der Waals surface area contributed by atoms with Crippen LogP contribution in [0.4, 0.5) is 0 Å². The zero-order valence-corrected chi connectivity index (χ0v) is 9.75.